The summed E-state index contributed by atoms with van der Waals surface area (Å²) in [5.41, 5.74) is 7.37. The molecule has 10 heteroatoms. The van der Waals surface area contributed by atoms with Gasteiger partial charge in [-0.15, -0.1) is 13.2 Å². The van der Waals surface area contributed by atoms with Crippen molar-refractivity contribution in [1.29, 1.82) is 0 Å². The number of ether oxygens (including phenoxy) is 1. The summed E-state index contributed by atoms with van der Waals surface area (Å²) < 4.78 is 41.7. The largest absolute Gasteiger partial charge is 0.573 e. The van der Waals surface area contributed by atoms with Crippen LogP contribution >= 0.6 is 0 Å². The van der Waals surface area contributed by atoms with E-state index in [0.717, 1.165) is 37.2 Å². The minimum absolute atomic E-state index is 0.270. The lowest BCUT2D eigenvalue weighted by Crippen LogP contribution is -2.32. The van der Waals surface area contributed by atoms with Gasteiger partial charge in [-0.1, -0.05) is 12.1 Å². The second-order valence-electron chi connectivity index (χ2n) is 8.10. The van der Waals surface area contributed by atoms with Crippen LogP contribution in [0.2, 0.25) is 0 Å². The lowest BCUT2D eigenvalue weighted by Gasteiger charge is -2.28. The molecule has 1 aliphatic rings. The Morgan fingerprint density at radius 1 is 1.27 bits per heavy atom. The van der Waals surface area contributed by atoms with Crippen molar-refractivity contribution in [3.05, 3.63) is 41.6 Å². The van der Waals surface area contributed by atoms with Gasteiger partial charge in [0.15, 0.2) is 0 Å². The first-order valence-electron chi connectivity index (χ1n) is 10.7. The maximum Gasteiger partial charge on any atom is 0.573 e. The number of hydrogen-bond donors (Lipinski definition) is 3. The van der Waals surface area contributed by atoms with Crippen LogP contribution in [-0.2, 0) is 0 Å². The van der Waals surface area contributed by atoms with E-state index in [1.54, 1.807) is 26.1 Å². The van der Waals surface area contributed by atoms with Crippen molar-refractivity contribution in [3.63, 3.8) is 0 Å². The molecule has 0 unspecified atom stereocenters. The standard InChI is InChI=1S/C23H28F3N5O2/c1-14-10-19(20(31-14)17-4-3-5-18(11-17)33-23(24,25)26)22(32)29-12-15-6-8-16(9-7-15)21(28-2)30-13-27/h3-5,10-11,13,15-16,31H,6-9,12H2,1-2H3,(H,29,32)(H2,27,28,30). The molecular weight excluding hydrogens is 435 g/mol. The van der Waals surface area contributed by atoms with Crippen LogP contribution in [0.25, 0.3) is 11.3 Å². The van der Waals surface area contributed by atoms with Crippen LogP contribution in [0.4, 0.5) is 13.2 Å². The number of H-pyrrole nitrogens is 1. The van der Waals surface area contributed by atoms with Gasteiger partial charge in [0.2, 0.25) is 0 Å². The number of aliphatic imine (C=N–C) groups is 2. The van der Waals surface area contributed by atoms with Crippen molar-refractivity contribution < 1.29 is 22.7 Å². The van der Waals surface area contributed by atoms with Crippen LogP contribution in [0.3, 0.4) is 0 Å². The predicted octanol–water partition coefficient (Wildman–Crippen LogP) is 4.44. The fourth-order valence-corrected chi connectivity index (χ4v) is 4.22. The number of carbonyl (C=O) groups excluding carboxylic acids is 1. The first-order chi connectivity index (χ1) is 15.7. The minimum atomic E-state index is -4.79. The molecule has 0 atom stereocenters. The minimum Gasteiger partial charge on any atom is -0.406 e. The summed E-state index contributed by atoms with van der Waals surface area (Å²) >= 11 is 0. The van der Waals surface area contributed by atoms with Gasteiger partial charge in [-0.2, -0.15) is 0 Å². The van der Waals surface area contributed by atoms with E-state index in [1.807, 2.05) is 0 Å². The summed E-state index contributed by atoms with van der Waals surface area (Å²) in [7, 11) is 1.70. The van der Waals surface area contributed by atoms with Crippen molar-refractivity contribution in [2.75, 3.05) is 13.6 Å². The zero-order valence-electron chi connectivity index (χ0n) is 18.6. The quantitative estimate of drug-likeness (QED) is 0.436. The van der Waals surface area contributed by atoms with Crippen molar-refractivity contribution in [2.45, 2.75) is 39.0 Å². The molecule has 2 aromatic rings. The zero-order chi connectivity index (χ0) is 24.0. The number of halogens is 3. The molecule has 1 heterocycles. The van der Waals surface area contributed by atoms with E-state index in [-0.39, 0.29) is 17.6 Å². The third-order valence-electron chi connectivity index (χ3n) is 5.75. The number of nitrogens with one attached hydrogen (secondary N) is 2. The molecule has 7 nitrogen and oxygen atoms in total. The summed E-state index contributed by atoms with van der Waals surface area (Å²) in [4.78, 5) is 24.3. The third-order valence-corrected chi connectivity index (χ3v) is 5.75. The smallest absolute Gasteiger partial charge is 0.406 e. The molecule has 1 aromatic carbocycles. The van der Waals surface area contributed by atoms with E-state index in [9.17, 15) is 18.0 Å². The molecule has 0 aliphatic heterocycles. The van der Waals surface area contributed by atoms with E-state index in [2.05, 4.69) is 25.0 Å². The van der Waals surface area contributed by atoms with Crippen molar-refractivity contribution in [1.82, 2.24) is 10.3 Å². The Bertz CT molecular complexity index is 1020. The molecule has 4 N–H and O–H groups in total. The van der Waals surface area contributed by atoms with Crippen molar-refractivity contribution in [2.24, 2.45) is 27.6 Å². The number of nitrogens with zero attached hydrogens (tertiary/aromatic N) is 2. The second kappa shape index (κ2) is 10.5. The maximum absolute atomic E-state index is 12.9. The van der Waals surface area contributed by atoms with Crippen LogP contribution < -0.4 is 15.8 Å². The topological polar surface area (TPSA) is 105 Å². The lowest BCUT2D eigenvalue weighted by atomic mass is 9.81. The summed E-state index contributed by atoms with van der Waals surface area (Å²) in [6, 6.07) is 7.25. The number of benzene rings is 1. The van der Waals surface area contributed by atoms with Crippen LogP contribution in [-0.4, -0.2) is 43.0 Å². The van der Waals surface area contributed by atoms with Gasteiger partial charge < -0.3 is 20.8 Å². The Hall–Kier alpha value is -3.30. The number of aromatic nitrogens is 1. The molecule has 1 saturated carbocycles. The molecule has 0 saturated heterocycles. The highest BCUT2D eigenvalue weighted by molar-refractivity contribution is 6.00. The molecule has 1 aliphatic carbocycles. The molecule has 0 bridgehead atoms. The number of aryl methyl sites for hydroxylation is 1. The Labute approximate surface area is 190 Å². The van der Waals surface area contributed by atoms with Gasteiger partial charge in [0, 0.05) is 30.8 Å². The molecular formula is C23H28F3N5O2. The van der Waals surface area contributed by atoms with Crippen LogP contribution in [0.1, 0.15) is 41.7 Å². The van der Waals surface area contributed by atoms with Crippen LogP contribution in [0.15, 0.2) is 40.3 Å². The Morgan fingerprint density at radius 3 is 2.64 bits per heavy atom. The molecule has 178 valence electrons. The summed E-state index contributed by atoms with van der Waals surface area (Å²) in [5.74, 6) is 0.736. The highest BCUT2D eigenvalue weighted by Crippen LogP contribution is 2.31. The molecule has 1 aromatic heterocycles. The predicted molar refractivity (Wildman–Crippen MR) is 121 cm³/mol. The number of amides is 1. The summed E-state index contributed by atoms with van der Waals surface area (Å²) in [6.45, 7) is 2.31. The molecule has 0 spiro atoms. The first-order valence-corrected chi connectivity index (χ1v) is 10.7. The average Bonchev–Trinajstić information content (AvgIpc) is 3.17. The Morgan fingerprint density at radius 2 is 2.00 bits per heavy atom. The van der Waals surface area contributed by atoms with E-state index < -0.39 is 6.36 Å². The molecule has 0 radical (unpaired) electrons. The number of aromatic amines is 1. The van der Waals surface area contributed by atoms with Crippen LogP contribution in [0, 0.1) is 18.8 Å². The zero-order valence-corrected chi connectivity index (χ0v) is 18.6. The molecule has 1 fully saturated rings. The summed E-state index contributed by atoms with van der Waals surface area (Å²) in [5, 5.41) is 2.98. The van der Waals surface area contributed by atoms with Gasteiger partial charge >= 0.3 is 6.36 Å². The fourth-order valence-electron chi connectivity index (χ4n) is 4.22. The molecule has 33 heavy (non-hydrogen) atoms. The average molecular weight is 464 g/mol. The van der Waals surface area contributed by atoms with E-state index in [4.69, 9.17) is 5.73 Å². The van der Waals surface area contributed by atoms with Gasteiger partial charge in [0.05, 0.1) is 17.6 Å². The lowest BCUT2D eigenvalue weighted by molar-refractivity contribution is -0.274. The monoisotopic (exact) mass is 463 g/mol. The fraction of sp³-hybridized carbons (Fsp3) is 0.435. The summed E-state index contributed by atoms with van der Waals surface area (Å²) in [6.07, 6.45) is 0.176. The highest BCUT2D eigenvalue weighted by atomic mass is 19.4. The number of carbonyl (C=O) groups is 1. The van der Waals surface area contributed by atoms with E-state index >= 15 is 0 Å². The number of alkyl halides is 3. The van der Waals surface area contributed by atoms with Crippen molar-refractivity contribution >= 4 is 18.1 Å². The molecule has 3 rings (SSSR count). The number of rotatable bonds is 6. The molecule has 1 amide bonds. The van der Waals surface area contributed by atoms with Gasteiger partial charge in [0.1, 0.15) is 11.6 Å². The van der Waals surface area contributed by atoms with E-state index in [0.29, 0.717) is 29.3 Å². The second-order valence-corrected chi connectivity index (χ2v) is 8.10. The number of nitrogens with two attached hydrogens (primary N) is 1. The van der Waals surface area contributed by atoms with Gasteiger partial charge in [-0.3, -0.25) is 9.79 Å². The van der Waals surface area contributed by atoms with Gasteiger partial charge in [0.25, 0.3) is 5.91 Å². The normalized spacial score (nSPS) is 19.6. The SMILES string of the molecule is CN=C(N=CN)C1CCC(CNC(=O)c2cc(C)[nH]c2-c2cccc(OC(F)(F)F)c2)CC1. The number of hydrogen-bond acceptors (Lipinski definition) is 3. The number of amidine groups is 1. The van der Waals surface area contributed by atoms with Gasteiger partial charge in [-0.25, -0.2) is 4.99 Å². The highest BCUT2D eigenvalue weighted by Gasteiger charge is 2.31. The van der Waals surface area contributed by atoms with E-state index in [1.165, 1.54) is 24.5 Å². The first kappa shape index (κ1) is 24.3. The Kier molecular flexibility index (Phi) is 7.78. The Balaban J connectivity index is 1.64. The third kappa shape index (κ3) is 6.59. The maximum atomic E-state index is 12.9. The van der Waals surface area contributed by atoms with Crippen molar-refractivity contribution in [3.8, 4) is 17.0 Å². The van der Waals surface area contributed by atoms with Gasteiger partial charge in [-0.05, 0) is 56.7 Å². The van der Waals surface area contributed by atoms with Crippen LogP contribution in [0.5, 0.6) is 5.75 Å².